The predicted molar refractivity (Wildman–Crippen MR) is 133 cm³/mol. The molecule has 0 saturated heterocycles. The van der Waals surface area contributed by atoms with E-state index in [0.717, 1.165) is 29.8 Å². The van der Waals surface area contributed by atoms with Gasteiger partial charge in [-0.1, -0.05) is 102 Å². The van der Waals surface area contributed by atoms with E-state index < -0.39 is 0 Å². The van der Waals surface area contributed by atoms with Crippen molar-refractivity contribution >= 4 is 0 Å². The molecule has 1 aromatic heterocycles. The highest BCUT2D eigenvalue weighted by Crippen LogP contribution is 2.34. The maximum atomic E-state index is 4.87. The van der Waals surface area contributed by atoms with E-state index in [1.165, 1.54) is 100 Å². The quantitative estimate of drug-likeness (QED) is 0.322. The van der Waals surface area contributed by atoms with Crippen molar-refractivity contribution < 1.29 is 0 Å². The molecule has 0 bridgehead atoms. The molecule has 0 amide bonds. The van der Waals surface area contributed by atoms with Crippen LogP contribution in [0, 0.1) is 18.8 Å². The molecule has 1 heterocycles. The van der Waals surface area contributed by atoms with Gasteiger partial charge in [0.05, 0.1) is 0 Å². The van der Waals surface area contributed by atoms with E-state index in [4.69, 9.17) is 9.97 Å². The van der Waals surface area contributed by atoms with E-state index in [9.17, 15) is 0 Å². The summed E-state index contributed by atoms with van der Waals surface area (Å²) >= 11 is 0. The topological polar surface area (TPSA) is 25.8 Å². The molecule has 1 aliphatic carbocycles. The first-order valence-electron chi connectivity index (χ1n) is 13.1. The minimum atomic E-state index is 0.881. The smallest absolute Gasteiger partial charge is 0.128 e. The van der Waals surface area contributed by atoms with E-state index in [-0.39, 0.29) is 0 Å². The lowest BCUT2D eigenvalue weighted by Crippen LogP contribution is -2.15. The fourth-order valence-electron chi connectivity index (χ4n) is 5.17. The second kappa shape index (κ2) is 13.0. The van der Waals surface area contributed by atoms with Gasteiger partial charge in [0.1, 0.15) is 5.82 Å². The van der Waals surface area contributed by atoms with Crippen LogP contribution in [0.4, 0.5) is 0 Å². The standard InChI is InChI=1S/C29H44N2/c1-4-6-8-10-24-12-14-26(15-13-24)18-21-29-30-22-28(23(3)31-29)27-19-16-25(17-20-27)11-9-7-5-2/h16-17,19-20,22,24,26H,4-15,18,21H2,1-3H3/t24-,26-. The Kier molecular flexibility index (Phi) is 10.0. The molecule has 170 valence electrons. The van der Waals surface area contributed by atoms with Gasteiger partial charge in [-0.3, -0.25) is 0 Å². The predicted octanol–water partition coefficient (Wildman–Crippen LogP) is 8.50. The van der Waals surface area contributed by atoms with E-state index >= 15 is 0 Å². The molecule has 1 aliphatic rings. The zero-order valence-corrected chi connectivity index (χ0v) is 20.3. The lowest BCUT2D eigenvalue weighted by molar-refractivity contribution is 0.248. The van der Waals surface area contributed by atoms with Gasteiger partial charge in [-0.25, -0.2) is 9.97 Å². The van der Waals surface area contributed by atoms with Crippen molar-refractivity contribution in [2.75, 3.05) is 0 Å². The van der Waals surface area contributed by atoms with Crippen LogP contribution in [0.2, 0.25) is 0 Å². The lowest BCUT2D eigenvalue weighted by atomic mass is 9.78. The summed E-state index contributed by atoms with van der Waals surface area (Å²) in [5, 5.41) is 0. The Hall–Kier alpha value is -1.70. The SMILES string of the molecule is CCCCCc1ccc(-c2cnc(CC[C@H]3CC[C@H](CCCCC)CC3)nc2C)cc1. The normalized spacial score (nSPS) is 18.9. The van der Waals surface area contributed by atoms with Crippen molar-refractivity contribution in [2.24, 2.45) is 11.8 Å². The monoisotopic (exact) mass is 420 g/mol. The van der Waals surface area contributed by atoms with Gasteiger partial charge in [0.2, 0.25) is 0 Å². The first-order valence-corrected chi connectivity index (χ1v) is 13.1. The number of aromatic nitrogens is 2. The molecule has 31 heavy (non-hydrogen) atoms. The molecule has 2 heteroatoms. The molecule has 0 aliphatic heterocycles. The lowest BCUT2D eigenvalue weighted by Gasteiger charge is -2.28. The van der Waals surface area contributed by atoms with Gasteiger partial charge in [0.25, 0.3) is 0 Å². The number of rotatable bonds is 12. The summed E-state index contributed by atoms with van der Waals surface area (Å²) in [6, 6.07) is 9.03. The molecule has 0 radical (unpaired) electrons. The van der Waals surface area contributed by atoms with Crippen LogP contribution in [0.3, 0.4) is 0 Å². The van der Waals surface area contributed by atoms with Crippen LogP contribution in [0.5, 0.6) is 0 Å². The van der Waals surface area contributed by atoms with Crippen LogP contribution in [0.25, 0.3) is 11.1 Å². The number of benzene rings is 1. The zero-order valence-electron chi connectivity index (χ0n) is 20.3. The van der Waals surface area contributed by atoms with Crippen LogP contribution in [-0.4, -0.2) is 9.97 Å². The third-order valence-corrected chi connectivity index (χ3v) is 7.32. The molecule has 2 aromatic rings. The molecule has 0 unspecified atom stereocenters. The third-order valence-electron chi connectivity index (χ3n) is 7.32. The Balaban J connectivity index is 1.46. The van der Waals surface area contributed by atoms with Gasteiger partial charge in [0, 0.05) is 23.9 Å². The number of hydrogen-bond acceptors (Lipinski definition) is 2. The Labute approximate surface area is 191 Å². The van der Waals surface area contributed by atoms with Gasteiger partial charge < -0.3 is 0 Å². The molecular formula is C29H44N2. The minimum Gasteiger partial charge on any atom is -0.241 e. The van der Waals surface area contributed by atoms with E-state index in [2.05, 4.69) is 45.0 Å². The molecule has 0 spiro atoms. The molecule has 1 fully saturated rings. The summed E-state index contributed by atoms with van der Waals surface area (Å²) in [4.78, 5) is 9.61. The first kappa shape index (κ1) is 24.0. The third kappa shape index (κ3) is 7.74. The Morgan fingerprint density at radius 1 is 0.774 bits per heavy atom. The van der Waals surface area contributed by atoms with E-state index in [1.807, 2.05) is 6.20 Å². The average Bonchev–Trinajstić information content (AvgIpc) is 2.80. The summed E-state index contributed by atoms with van der Waals surface area (Å²) in [5.74, 6) is 2.91. The Bertz CT molecular complexity index is 757. The Morgan fingerprint density at radius 2 is 1.42 bits per heavy atom. The van der Waals surface area contributed by atoms with Crippen molar-refractivity contribution in [3.63, 3.8) is 0 Å². The minimum absolute atomic E-state index is 0.881. The van der Waals surface area contributed by atoms with Crippen molar-refractivity contribution in [1.29, 1.82) is 0 Å². The van der Waals surface area contributed by atoms with Gasteiger partial charge in [-0.05, 0) is 49.1 Å². The first-order chi connectivity index (χ1) is 15.2. The number of hydrogen-bond donors (Lipinski definition) is 0. The molecule has 0 N–H and O–H groups in total. The summed E-state index contributed by atoms with van der Waals surface area (Å²) in [7, 11) is 0. The fraction of sp³-hybridized carbons (Fsp3) is 0.655. The highest BCUT2D eigenvalue weighted by atomic mass is 14.9. The summed E-state index contributed by atoms with van der Waals surface area (Å²) < 4.78 is 0. The van der Waals surface area contributed by atoms with Crippen molar-refractivity contribution in [3.8, 4) is 11.1 Å². The molecule has 3 rings (SSSR count). The number of aryl methyl sites for hydroxylation is 3. The molecule has 2 nitrogen and oxygen atoms in total. The average molecular weight is 421 g/mol. The van der Waals surface area contributed by atoms with Crippen LogP contribution >= 0.6 is 0 Å². The number of unbranched alkanes of at least 4 members (excludes halogenated alkanes) is 4. The summed E-state index contributed by atoms with van der Waals surface area (Å²) in [5.41, 5.74) is 4.97. The van der Waals surface area contributed by atoms with Crippen molar-refractivity contribution in [3.05, 3.63) is 47.5 Å². The van der Waals surface area contributed by atoms with Crippen molar-refractivity contribution in [1.82, 2.24) is 9.97 Å². The molecule has 1 aromatic carbocycles. The second-order valence-electron chi connectivity index (χ2n) is 9.86. The van der Waals surface area contributed by atoms with Crippen LogP contribution in [-0.2, 0) is 12.8 Å². The van der Waals surface area contributed by atoms with Crippen LogP contribution < -0.4 is 0 Å². The van der Waals surface area contributed by atoms with Gasteiger partial charge in [0.15, 0.2) is 0 Å². The van der Waals surface area contributed by atoms with Crippen molar-refractivity contribution in [2.45, 2.75) is 111 Å². The Morgan fingerprint density at radius 3 is 2.06 bits per heavy atom. The zero-order chi connectivity index (χ0) is 21.9. The largest absolute Gasteiger partial charge is 0.241 e. The summed E-state index contributed by atoms with van der Waals surface area (Å²) in [6.07, 6.45) is 20.8. The van der Waals surface area contributed by atoms with Crippen LogP contribution in [0.1, 0.15) is 108 Å². The maximum Gasteiger partial charge on any atom is 0.128 e. The van der Waals surface area contributed by atoms with Crippen LogP contribution in [0.15, 0.2) is 30.5 Å². The van der Waals surface area contributed by atoms with E-state index in [0.29, 0.717) is 0 Å². The van der Waals surface area contributed by atoms with E-state index in [1.54, 1.807) is 0 Å². The molecular weight excluding hydrogens is 376 g/mol. The number of nitrogens with zero attached hydrogens (tertiary/aromatic N) is 2. The maximum absolute atomic E-state index is 4.87. The highest BCUT2D eigenvalue weighted by molar-refractivity contribution is 5.65. The molecule has 0 atom stereocenters. The fourth-order valence-corrected chi connectivity index (χ4v) is 5.17. The van der Waals surface area contributed by atoms with Gasteiger partial charge in [-0.15, -0.1) is 0 Å². The second-order valence-corrected chi connectivity index (χ2v) is 9.86. The molecule has 1 saturated carbocycles. The summed E-state index contributed by atoms with van der Waals surface area (Å²) in [6.45, 7) is 6.70. The van der Waals surface area contributed by atoms with Gasteiger partial charge >= 0.3 is 0 Å². The van der Waals surface area contributed by atoms with Gasteiger partial charge in [-0.2, -0.15) is 0 Å². The highest BCUT2D eigenvalue weighted by Gasteiger charge is 2.21.